The van der Waals surface area contributed by atoms with Crippen LogP contribution in [0.5, 0.6) is 0 Å². The Morgan fingerprint density at radius 2 is 1.81 bits per heavy atom. The third-order valence-corrected chi connectivity index (χ3v) is 6.08. The molecule has 0 unspecified atom stereocenters. The zero-order chi connectivity index (χ0) is 23.3. The van der Waals surface area contributed by atoms with E-state index < -0.39 is 10.8 Å². The predicted molar refractivity (Wildman–Crippen MR) is 127 cm³/mol. The number of nitro benzene ring substituents is 1. The molecule has 0 bridgehead atoms. The van der Waals surface area contributed by atoms with Gasteiger partial charge in [0.25, 0.3) is 17.5 Å². The molecule has 1 fully saturated rings. The van der Waals surface area contributed by atoms with Crippen LogP contribution in [-0.4, -0.2) is 34.9 Å². The molecule has 0 saturated heterocycles. The van der Waals surface area contributed by atoms with Gasteiger partial charge in [0.05, 0.1) is 16.2 Å². The second-order valence-electron chi connectivity index (χ2n) is 7.57. The minimum atomic E-state index is -0.662. The summed E-state index contributed by atoms with van der Waals surface area (Å²) >= 11 is 11.2. The summed E-state index contributed by atoms with van der Waals surface area (Å²) < 4.78 is 0. The van der Waals surface area contributed by atoms with Gasteiger partial charge in [-0.25, -0.2) is 0 Å². The van der Waals surface area contributed by atoms with E-state index in [1.54, 1.807) is 31.3 Å². The lowest BCUT2D eigenvalue weighted by atomic mass is 9.95. The highest BCUT2D eigenvalue weighted by Gasteiger charge is 2.22. The van der Waals surface area contributed by atoms with Gasteiger partial charge in [-0.05, 0) is 49.3 Å². The van der Waals surface area contributed by atoms with E-state index >= 15 is 0 Å². The topological polar surface area (TPSA) is 105 Å². The maximum absolute atomic E-state index is 12.9. The molecule has 0 radical (unpaired) electrons. The fourth-order valence-corrected chi connectivity index (χ4v) is 4.00. The standard InChI is InChI=1S/C22H23ClN4O4S/c1-26(22(32)25-20(28)14-11-12-17(23)19(13-14)27(30)31)18-10-6-5-9-16(18)21(29)24-15-7-3-2-4-8-15/h5-6,9-13,15H,2-4,7-8H2,1H3,(H,24,29)(H,25,28,32). The van der Waals surface area contributed by atoms with Crippen molar-refractivity contribution in [3.8, 4) is 0 Å². The fourth-order valence-electron chi connectivity index (χ4n) is 3.62. The van der Waals surface area contributed by atoms with Crippen molar-refractivity contribution in [2.24, 2.45) is 0 Å². The van der Waals surface area contributed by atoms with E-state index in [1.165, 1.54) is 23.5 Å². The normalized spacial score (nSPS) is 13.8. The maximum Gasteiger partial charge on any atom is 0.288 e. The average Bonchev–Trinajstić information content (AvgIpc) is 2.79. The lowest BCUT2D eigenvalue weighted by molar-refractivity contribution is -0.384. The van der Waals surface area contributed by atoms with Crippen molar-refractivity contribution >= 4 is 52.1 Å². The molecule has 2 aromatic rings. The van der Waals surface area contributed by atoms with E-state index in [9.17, 15) is 19.7 Å². The highest BCUT2D eigenvalue weighted by Crippen LogP contribution is 2.25. The summed E-state index contributed by atoms with van der Waals surface area (Å²) in [4.78, 5) is 37.4. The van der Waals surface area contributed by atoms with Crippen LogP contribution in [0.3, 0.4) is 0 Å². The molecule has 1 saturated carbocycles. The minimum Gasteiger partial charge on any atom is -0.349 e. The molecule has 2 aromatic carbocycles. The molecule has 0 spiro atoms. The second kappa shape index (κ2) is 10.5. The van der Waals surface area contributed by atoms with E-state index in [1.807, 2.05) is 0 Å². The van der Waals surface area contributed by atoms with E-state index in [-0.39, 0.29) is 33.3 Å². The number of anilines is 1. The van der Waals surface area contributed by atoms with Crippen molar-refractivity contribution in [3.63, 3.8) is 0 Å². The molecule has 0 atom stereocenters. The summed E-state index contributed by atoms with van der Waals surface area (Å²) in [5, 5.41) is 16.7. The first kappa shape index (κ1) is 23.6. The number of hydrogen-bond acceptors (Lipinski definition) is 5. The molecule has 0 aliphatic heterocycles. The summed E-state index contributed by atoms with van der Waals surface area (Å²) in [7, 11) is 1.64. The molecule has 8 nitrogen and oxygen atoms in total. The quantitative estimate of drug-likeness (QED) is 0.376. The van der Waals surface area contributed by atoms with E-state index in [4.69, 9.17) is 23.8 Å². The molecule has 10 heteroatoms. The van der Waals surface area contributed by atoms with Crippen LogP contribution in [-0.2, 0) is 0 Å². The first-order valence-corrected chi connectivity index (χ1v) is 11.0. The van der Waals surface area contributed by atoms with Crippen LogP contribution in [0.2, 0.25) is 5.02 Å². The van der Waals surface area contributed by atoms with Gasteiger partial charge in [0, 0.05) is 24.7 Å². The summed E-state index contributed by atoms with van der Waals surface area (Å²) in [5.74, 6) is -0.812. The minimum absolute atomic E-state index is 0.0418. The van der Waals surface area contributed by atoms with Crippen molar-refractivity contribution in [1.82, 2.24) is 10.6 Å². The largest absolute Gasteiger partial charge is 0.349 e. The number of amides is 2. The van der Waals surface area contributed by atoms with E-state index in [0.717, 1.165) is 31.7 Å². The van der Waals surface area contributed by atoms with Gasteiger partial charge in [-0.1, -0.05) is 43.0 Å². The molecular formula is C22H23ClN4O4S. The van der Waals surface area contributed by atoms with Gasteiger partial charge in [-0.15, -0.1) is 0 Å². The van der Waals surface area contributed by atoms with E-state index in [0.29, 0.717) is 11.3 Å². The summed E-state index contributed by atoms with van der Waals surface area (Å²) in [6.45, 7) is 0. The smallest absolute Gasteiger partial charge is 0.288 e. The molecular weight excluding hydrogens is 452 g/mol. The number of carbonyl (C=O) groups excluding carboxylic acids is 2. The van der Waals surface area contributed by atoms with Crippen LogP contribution in [0.4, 0.5) is 11.4 Å². The number of nitro groups is 1. The fraction of sp³-hybridized carbons (Fsp3) is 0.318. The van der Waals surface area contributed by atoms with E-state index in [2.05, 4.69) is 10.6 Å². The number of nitrogens with zero attached hydrogens (tertiary/aromatic N) is 2. The highest BCUT2D eigenvalue weighted by atomic mass is 35.5. The number of para-hydroxylation sites is 1. The average molecular weight is 475 g/mol. The van der Waals surface area contributed by atoms with Crippen molar-refractivity contribution in [1.29, 1.82) is 0 Å². The summed E-state index contributed by atoms with van der Waals surface area (Å²) in [6, 6.07) is 10.9. The van der Waals surface area contributed by atoms with Crippen molar-refractivity contribution in [2.75, 3.05) is 11.9 Å². The van der Waals surface area contributed by atoms with Crippen molar-refractivity contribution in [2.45, 2.75) is 38.1 Å². The SMILES string of the molecule is CN(C(=S)NC(=O)c1ccc(Cl)c([N+](=O)[O-])c1)c1ccccc1C(=O)NC1CCCCC1. The van der Waals surface area contributed by atoms with Gasteiger partial charge < -0.3 is 10.2 Å². The van der Waals surface area contributed by atoms with Gasteiger partial charge in [0.1, 0.15) is 5.02 Å². The van der Waals surface area contributed by atoms with Crippen LogP contribution in [0.15, 0.2) is 42.5 Å². The zero-order valence-corrected chi connectivity index (χ0v) is 19.0. The van der Waals surface area contributed by atoms with Crippen molar-refractivity contribution < 1.29 is 14.5 Å². The van der Waals surface area contributed by atoms with Gasteiger partial charge in [-0.2, -0.15) is 0 Å². The van der Waals surface area contributed by atoms with Gasteiger partial charge >= 0.3 is 0 Å². The number of thiocarbonyl (C=S) groups is 1. The molecule has 168 valence electrons. The molecule has 0 heterocycles. The van der Waals surface area contributed by atoms with Gasteiger partial charge in [0.15, 0.2) is 5.11 Å². The lowest BCUT2D eigenvalue weighted by Crippen LogP contribution is -2.42. The van der Waals surface area contributed by atoms with Crippen LogP contribution in [0.25, 0.3) is 0 Å². The Labute approximate surface area is 196 Å². The monoisotopic (exact) mass is 474 g/mol. The van der Waals surface area contributed by atoms with Gasteiger partial charge in [-0.3, -0.25) is 25.0 Å². The van der Waals surface area contributed by atoms with Crippen LogP contribution < -0.4 is 15.5 Å². The first-order chi connectivity index (χ1) is 15.3. The highest BCUT2D eigenvalue weighted by molar-refractivity contribution is 7.80. The Morgan fingerprint density at radius 3 is 2.50 bits per heavy atom. The van der Waals surface area contributed by atoms with Crippen LogP contribution >= 0.6 is 23.8 Å². The number of rotatable bonds is 5. The lowest BCUT2D eigenvalue weighted by Gasteiger charge is -2.26. The molecule has 1 aliphatic rings. The Balaban J connectivity index is 1.73. The molecule has 2 amide bonds. The third-order valence-electron chi connectivity index (χ3n) is 5.38. The molecule has 1 aliphatic carbocycles. The Bertz CT molecular complexity index is 1060. The Kier molecular flexibility index (Phi) is 7.76. The number of nitrogens with one attached hydrogen (secondary N) is 2. The Hall–Kier alpha value is -3.04. The molecule has 32 heavy (non-hydrogen) atoms. The van der Waals surface area contributed by atoms with Crippen LogP contribution in [0, 0.1) is 10.1 Å². The number of carbonyl (C=O) groups is 2. The van der Waals surface area contributed by atoms with Crippen molar-refractivity contribution in [3.05, 3.63) is 68.7 Å². The predicted octanol–water partition coefficient (Wildman–Crippen LogP) is 4.46. The molecule has 0 aromatic heterocycles. The first-order valence-electron chi connectivity index (χ1n) is 10.2. The molecule has 2 N–H and O–H groups in total. The van der Waals surface area contributed by atoms with Crippen LogP contribution in [0.1, 0.15) is 52.8 Å². The maximum atomic E-state index is 12.9. The zero-order valence-electron chi connectivity index (χ0n) is 17.5. The second-order valence-corrected chi connectivity index (χ2v) is 8.36. The number of hydrogen-bond donors (Lipinski definition) is 2. The summed E-state index contributed by atoms with van der Waals surface area (Å²) in [5.41, 5.74) is 0.649. The summed E-state index contributed by atoms with van der Waals surface area (Å²) in [6.07, 6.45) is 5.32. The Morgan fingerprint density at radius 1 is 1.12 bits per heavy atom. The van der Waals surface area contributed by atoms with Gasteiger partial charge in [0.2, 0.25) is 0 Å². The molecule has 3 rings (SSSR count). The number of benzene rings is 2. The third kappa shape index (κ3) is 5.60. The number of halogens is 1.